The van der Waals surface area contributed by atoms with Crippen molar-refractivity contribution in [2.45, 2.75) is 60.3 Å². The molecule has 0 aliphatic rings. The number of hydrogen-bond acceptors (Lipinski definition) is 2. The van der Waals surface area contributed by atoms with Crippen LogP contribution in [0.25, 0.3) is 0 Å². The largest absolute Gasteiger partial charge is 0.463 e. The predicted molar refractivity (Wildman–Crippen MR) is 86.6 cm³/mol. The lowest BCUT2D eigenvalue weighted by molar-refractivity contribution is -0.137. The zero-order valence-corrected chi connectivity index (χ0v) is 13.7. The molecule has 0 fully saturated rings. The zero-order chi connectivity index (χ0) is 15.4. The molecule has 0 aromatic heterocycles. The summed E-state index contributed by atoms with van der Waals surface area (Å²) in [5.74, 6) is 0.408. The highest BCUT2D eigenvalue weighted by Crippen LogP contribution is 2.13. The lowest BCUT2D eigenvalue weighted by Crippen LogP contribution is -1.99. The van der Waals surface area contributed by atoms with Gasteiger partial charge in [0.2, 0.25) is 0 Å². The van der Waals surface area contributed by atoms with Crippen molar-refractivity contribution in [3.05, 3.63) is 35.5 Å². The minimum absolute atomic E-state index is 0.261. The summed E-state index contributed by atoms with van der Waals surface area (Å²) in [5, 5.41) is 0. The number of hydrogen-bond donors (Lipinski definition) is 0. The standard InChI is InChI=1S/C18H30O2/c1-6-15(3)10-8-11-16(4)12-9-13-17(5)14-18(19)20-7-2/h9-10,13-14,16H,6-8,11-12H2,1-5H3/b13-9+,15-10+,17-14+. The first kappa shape index (κ1) is 18.7. The van der Waals surface area contributed by atoms with Crippen molar-refractivity contribution in [1.82, 2.24) is 0 Å². The van der Waals surface area contributed by atoms with Crippen LogP contribution in [-0.2, 0) is 9.53 Å². The third-order valence-corrected chi connectivity index (χ3v) is 3.26. The van der Waals surface area contributed by atoms with E-state index >= 15 is 0 Å². The molecule has 0 saturated heterocycles. The number of esters is 1. The molecule has 0 heterocycles. The molecule has 0 aliphatic heterocycles. The van der Waals surface area contributed by atoms with E-state index in [1.54, 1.807) is 0 Å². The molecule has 2 nitrogen and oxygen atoms in total. The molecule has 0 rings (SSSR count). The van der Waals surface area contributed by atoms with Gasteiger partial charge in [-0.25, -0.2) is 4.79 Å². The molecule has 0 aliphatic carbocycles. The van der Waals surface area contributed by atoms with Gasteiger partial charge in [-0.2, -0.15) is 0 Å². The van der Waals surface area contributed by atoms with E-state index in [1.165, 1.54) is 18.1 Å². The third-order valence-electron chi connectivity index (χ3n) is 3.26. The fraction of sp³-hybridized carbons (Fsp3) is 0.611. The van der Waals surface area contributed by atoms with Gasteiger partial charge in [0.25, 0.3) is 0 Å². The van der Waals surface area contributed by atoms with E-state index in [2.05, 4.69) is 32.9 Å². The van der Waals surface area contributed by atoms with E-state index in [9.17, 15) is 4.79 Å². The van der Waals surface area contributed by atoms with E-state index in [1.807, 2.05) is 19.9 Å². The maximum absolute atomic E-state index is 11.2. The van der Waals surface area contributed by atoms with Gasteiger partial charge in [-0.15, -0.1) is 0 Å². The van der Waals surface area contributed by atoms with Crippen LogP contribution in [0.3, 0.4) is 0 Å². The highest BCUT2D eigenvalue weighted by Gasteiger charge is 1.99. The van der Waals surface area contributed by atoms with Crippen molar-refractivity contribution in [2.75, 3.05) is 6.61 Å². The van der Waals surface area contributed by atoms with Crippen LogP contribution in [0, 0.1) is 5.92 Å². The Morgan fingerprint density at radius 2 is 1.95 bits per heavy atom. The van der Waals surface area contributed by atoms with Crippen LogP contribution in [0.1, 0.15) is 60.3 Å². The normalized spacial score (nSPS) is 14.7. The Labute approximate surface area is 124 Å². The van der Waals surface area contributed by atoms with Gasteiger partial charge in [0.15, 0.2) is 0 Å². The first-order chi connectivity index (χ1) is 9.49. The minimum Gasteiger partial charge on any atom is -0.463 e. The average Bonchev–Trinajstić information content (AvgIpc) is 2.38. The minimum atomic E-state index is -0.261. The van der Waals surface area contributed by atoms with Crippen molar-refractivity contribution in [1.29, 1.82) is 0 Å². The molecule has 0 aromatic carbocycles. The quantitative estimate of drug-likeness (QED) is 0.250. The van der Waals surface area contributed by atoms with Crippen LogP contribution in [-0.4, -0.2) is 12.6 Å². The van der Waals surface area contributed by atoms with Crippen molar-refractivity contribution in [3.8, 4) is 0 Å². The second-order valence-corrected chi connectivity index (χ2v) is 5.37. The summed E-state index contributed by atoms with van der Waals surface area (Å²) in [6.07, 6.45) is 12.6. The smallest absolute Gasteiger partial charge is 0.330 e. The van der Waals surface area contributed by atoms with Crippen molar-refractivity contribution < 1.29 is 9.53 Å². The van der Waals surface area contributed by atoms with Crippen LogP contribution in [0.4, 0.5) is 0 Å². The summed E-state index contributed by atoms with van der Waals surface area (Å²) in [6, 6.07) is 0. The van der Waals surface area contributed by atoms with Gasteiger partial charge in [-0.3, -0.25) is 0 Å². The summed E-state index contributed by atoms with van der Waals surface area (Å²) in [6.45, 7) is 10.8. The highest BCUT2D eigenvalue weighted by atomic mass is 16.5. The molecule has 1 atom stereocenters. The first-order valence-electron chi connectivity index (χ1n) is 7.66. The molecule has 0 radical (unpaired) electrons. The van der Waals surface area contributed by atoms with E-state index in [-0.39, 0.29) is 5.97 Å². The number of rotatable bonds is 9. The van der Waals surface area contributed by atoms with Gasteiger partial charge >= 0.3 is 5.97 Å². The molecule has 114 valence electrons. The molecule has 20 heavy (non-hydrogen) atoms. The van der Waals surface area contributed by atoms with Crippen LogP contribution < -0.4 is 0 Å². The molecule has 0 saturated carbocycles. The topological polar surface area (TPSA) is 26.3 Å². The van der Waals surface area contributed by atoms with E-state index < -0.39 is 0 Å². The molecular formula is C18H30O2. The van der Waals surface area contributed by atoms with Crippen LogP contribution >= 0.6 is 0 Å². The third kappa shape index (κ3) is 10.6. The summed E-state index contributed by atoms with van der Waals surface area (Å²) >= 11 is 0. The summed E-state index contributed by atoms with van der Waals surface area (Å²) < 4.78 is 4.87. The van der Waals surface area contributed by atoms with Gasteiger partial charge in [0.05, 0.1) is 6.61 Å². The molecule has 0 bridgehead atoms. The molecule has 0 amide bonds. The lowest BCUT2D eigenvalue weighted by atomic mass is 10.00. The second kappa shape index (κ2) is 11.5. The number of carbonyl (C=O) groups is 1. The van der Waals surface area contributed by atoms with Gasteiger partial charge in [0, 0.05) is 6.08 Å². The van der Waals surface area contributed by atoms with Gasteiger partial charge in [-0.05, 0) is 57.9 Å². The van der Waals surface area contributed by atoms with E-state index in [0.717, 1.165) is 24.8 Å². The van der Waals surface area contributed by atoms with Crippen LogP contribution in [0.5, 0.6) is 0 Å². The Morgan fingerprint density at radius 1 is 1.25 bits per heavy atom. The molecule has 0 spiro atoms. The molecule has 2 heteroatoms. The van der Waals surface area contributed by atoms with E-state index in [0.29, 0.717) is 12.5 Å². The Morgan fingerprint density at radius 3 is 2.55 bits per heavy atom. The monoisotopic (exact) mass is 278 g/mol. The highest BCUT2D eigenvalue weighted by molar-refractivity contribution is 5.83. The van der Waals surface area contributed by atoms with Crippen molar-refractivity contribution in [2.24, 2.45) is 5.92 Å². The SMILES string of the molecule is CCOC(=O)/C=C(C)/C=C/CC(C)CC/C=C(\C)CC. The number of carbonyl (C=O) groups excluding carboxylic acids is 1. The van der Waals surface area contributed by atoms with Crippen LogP contribution in [0.15, 0.2) is 35.5 Å². The van der Waals surface area contributed by atoms with Crippen molar-refractivity contribution in [3.63, 3.8) is 0 Å². The van der Waals surface area contributed by atoms with Gasteiger partial charge < -0.3 is 4.74 Å². The Hall–Kier alpha value is -1.31. The van der Waals surface area contributed by atoms with E-state index in [4.69, 9.17) is 4.74 Å². The predicted octanol–water partition coefficient (Wildman–Crippen LogP) is 5.21. The summed E-state index contributed by atoms with van der Waals surface area (Å²) in [5.41, 5.74) is 2.42. The Kier molecular flexibility index (Phi) is 10.8. The molecule has 1 unspecified atom stereocenters. The summed E-state index contributed by atoms with van der Waals surface area (Å²) in [7, 11) is 0. The maximum atomic E-state index is 11.2. The fourth-order valence-corrected chi connectivity index (χ4v) is 1.78. The van der Waals surface area contributed by atoms with Crippen LogP contribution in [0.2, 0.25) is 0 Å². The Bertz CT molecular complexity index is 362. The van der Waals surface area contributed by atoms with Gasteiger partial charge in [-0.1, -0.05) is 37.6 Å². The summed E-state index contributed by atoms with van der Waals surface area (Å²) in [4.78, 5) is 11.2. The Balaban J connectivity index is 4.02. The molecule has 0 N–H and O–H groups in total. The van der Waals surface area contributed by atoms with Crippen molar-refractivity contribution >= 4 is 5.97 Å². The maximum Gasteiger partial charge on any atom is 0.330 e. The second-order valence-electron chi connectivity index (χ2n) is 5.37. The number of ether oxygens (including phenoxy) is 1. The zero-order valence-electron chi connectivity index (χ0n) is 13.7. The fourth-order valence-electron chi connectivity index (χ4n) is 1.78. The first-order valence-corrected chi connectivity index (χ1v) is 7.66. The molecule has 0 aromatic rings. The average molecular weight is 278 g/mol. The lowest BCUT2D eigenvalue weighted by Gasteiger charge is -2.06. The number of allylic oxidation sites excluding steroid dienone is 5. The van der Waals surface area contributed by atoms with Gasteiger partial charge in [0.1, 0.15) is 0 Å². The molecular weight excluding hydrogens is 248 g/mol.